The number of amides is 2. The Hall–Kier alpha value is -3.46. The van der Waals surface area contributed by atoms with Crippen LogP contribution in [-0.4, -0.2) is 56.7 Å². The lowest BCUT2D eigenvalue weighted by Crippen LogP contribution is -2.51. The number of nitrogens with zero attached hydrogens (tertiary/aromatic N) is 2. The molecule has 2 aromatic rings. The predicted molar refractivity (Wildman–Crippen MR) is 115 cm³/mol. The second-order valence-corrected chi connectivity index (χ2v) is 7.68. The van der Waals surface area contributed by atoms with E-state index in [4.69, 9.17) is 4.74 Å². The maximum absolute atomic E-state index is 14.1. The lowest BCUT2D eigenvalue weighted by molar-refractivity contribution is -0.136. The number of hydrogen-bond donors (Lipinski definition) is 2. The largest absolute Gasteiger partial charge is 0.466 e. The van der Waals surface area contributed by atoms with E-state index < -0.39 is 23.9 Å². The van der Waals surface area contributed by atoms with Crippen molar-refractivity contribution in [3.8, 4) is 0 Å². The van der Waals surface area contributed by atoms with Crippen LogP contribution in [0, 0.1) is 11.6 Å². The topological polar surface area (TPSA) is 73.9 Å². The molecule has 0 aromatic heterocycles. The van der Waals surface area contributed by atoms with Crippen molar-refractivity contribution in [1.29, 1.82) is 0 Å². The van der Waals surface area contributed by atoms with Crippen LogP contribution in [0.1, 0.15) is 11.6 Å². The van der Waals surface area contributed by atoms with E-state index in [0.29, 0.717) is 49.7 Å². The molecule has 2 amide bonds. The molecule has 0 spiro atoms. The molecule has 4 rings (SSSR count). The number of halogens is 2. The zero-order chi connectivity index (χ0) is 22.7. The summed E-state index contributed by atoms with van der Waals surface area (Å²) in [6, 6.07) is 11.1. The van der Waals surface area contributed by atoms with E-state index in [9.17, 15) is 18.4 Å². The molecule has 0 unspecified atom stereocenters. The highest BCUT2D eigenvalue weighted by molar-refractivity contribution is 5.95. The van der Waals surface area contributed by atoms with E-state index in [1.165, 1.54) is 37.4 Å². The molecule has 2 N–H and O–H groups in total. The summed E-state index contributed by atoms with van der Waals surface area (Å²) >= 11 is 0. The SMILES string of the molecule is COC(=O)C1=C(CN2CCN(c3ccccc3F)CC2)NC(=O)N[C@@H]1c1ccc(F)cc1. The van der Waals surface area contributed by atoms with Crippen molar-refractivity contribution in [2.45, 2.75) is 6.04 Å². The van der Waals surface area contributed by atoms with Gasteiger partial charge >= 0.3 is 12.0 Å². The molecule has 0 aliphatic carbocycles. The van der Waals surface area contributed by atoms with Gasteiger partial charge in [-0.15, -0.1) is 0 Å². The molecular weight excluding hydrogens is 418 g/mol. The van der Waals surface area contributed by atoms with E-state index in [-0.39, 0.29) is 11.4 Å². The maximum atomic E-state index is 14.1. The minimum atomic E-state index is -0.758. The third-order valence-corrected chi connectivity index (χ3v) is 5.71. The van der Waals surface area contributed by atoms with Crippen molar-refractivity contribution in [2.24, 2.45) is 0 Å². The standard InChI is InChI=1S/C23H24F2N4O3/c1-32-22(30)20-18(26-23(31)27-21(20)15-6-8-16(24)9-7-15)14-28-10-12-29(13-11-28)19-5-3-2-4-17(19)25/h2-9,21H,10-14H2,1H3,(H2,26,27,31)/t21-/m1/s1. The number of para-hydroxylation sites is 1. The number of hydrogen-bond acceptors (Lipinski definition) is 5. The van der Waals surface area contributed by atoms with Crippen molar-refractivity contribution in [2.75, 3.05) is 44.7 Å². The first-order chi connectivity index (χ1) is 15.5. The maximum Gasteiger partial charge on any atom is 0.338 e. The van der Waals surface area contributed by atoms with Crippen LogP contribution < -0.4 is 15.5 Å². The number of carbonyl (C=O) groups excluding carboxylic acids is 2. The lowest BCUT2D eigenvalue weighted by atomic mass is 9.95. The Morgan fingerprint density at radius 1 is 1.06 bits per heavy atom. The summed E-state index contributed by atoms with van der Waals surface area (Å²) in [5.74, 6) is -1.25. The minimum absolute atomic E-state index is 0.260. The smallest absolute Gasteiger partial charge is 0.338 e. The van der Waals surface area contributed by atoms with Gasteiger partial charge in [0.25, 0.3) is 0 Å². The molecule has 1 saturated heterocycles. The quantitative estimate of drug-likeness (QED) is 0.697. The first kappa shape index (κ1) is 21.8. The second kappa shape index (κ2) is 9.35. The van der Waals surface area contributed by atoms with Crippen molar-refractivity contribution >= 4 is 17.7 Å². The highest BCUT2D eigenvalue weighted by Crippen LogP contribution is 2.28. The highest BCUT2D eigenvalue weighted by Gasteiger charge is 2.34. The Labute approximate surface area is 184 Å². The second-order valence-electron chi connectivity index (χ2n) is 7.68. The Kier molecular flexibility index (Phi) is 6.36. The molecule has 0 saturated carbocycles. The summed E-state index contributed by atoms with van der Waals surface area (Å²) in [5, 5.41) is 5.45. The van der Waals surface area contributed by atoms with Crippen molar-refractivity contribution in [3.63, 3.8) is 0 Å². The fraction of sp³-hybridized carbons (Fsp3) is 0.304. The van der Waals surface area contributed by atoms with E-state index in [2.05, 4.69) is 15.5 Å². The average Bonchev–Trinajstić information content (AvgIpc) is 2.80. The molecule has 0 radical (unpaired) electrons. The number of methoxy groups -OCH3 is 1. The number of rotatable bonds is 5. The predicted octanol–water partition coefficient (Wildman–Crippen LogP) is 2.57. The molecule has 2 aromatic carbocycles. The van der Waals surface area contributed by atoms with Crippen LogP contribution in [0.3, 0.4) is 0 Å². The molecule has 9 heteroatoms. The number of urea groups is 1. The first-order valence-corrected chi connectivity index (χ1v) is 10.3. The van der Waals surface area contributed by atoms with Gasteiger partial charge in [0.2, 0.25) is 0 Å². The van der Waals surface area contributed by atoms with Crippen molar-refractivity contribution in [1.82, 2.24) is 15.5 Å². The van der Waals surface area contributed by atoms with Gasteiger partial charge < -0.3 is 20.3 Å². The van der Waals surface area contributed by atoms with Crippen LogP contribution in [-0.2, 0) is 9.53 Å². The molecule has 32 heavy (non-hydrogen) atoms. The molecule has 7 nitrogen and oxygen atoms in total. The van der Waals surface area contributed by atoms with Gasteiger partial charge in [-0.05, 0) is 29.8 Å². The first-order valence-electron chi connectivity index (χ1n) is 10.3. The van der Waals surface area contributed by atoms with Gasteiger partial charge in [-0.25, -0.2) is 18.4 Å². The van der Waals surface area contributed by atoms with Gasteiger partial charge in [0, 0.05) is 38.4 Å². The normalized spacial score (nSPS) is 19.4. The molecule has 2 aliphatic rings. The molecule has 1 fully saturated rings. The van der Waals surface area contributed by atoms with Crippen LogP contribution in [0.15, 0.2) is 59.8 Å². The highest BCUT2D eigenvalue weighted by atomic mass is 19.1. The van der Waals surface area contributed by atoms with Crippen LogP contribution in [0.25, 0.3) is 0 Å². The number of carbonyl (C=O) groups is 2. The van der Waals surface area contributed by atoms with E-state index in [0.717, 1.165) is 0 Å². The Morgan fingerprint density at radius 2 is 1.75 bits per heavy atom. The van der Waals surface area contributed by atoms with Crippen molar-refractivity contribution < 1.29 is 23.1 Å². The summed E-state index contributed by atoms with van der Waals surface area (Å²) in [5.41, 5.74) is 1.85. The van der Waals surface area contributed by atoms with Gasteiger partial charge in [-0.2, -0.15) is 0 Å². The number of esters is 1. The van der Waals surface area contributed by atoms with Gasteiger partial charge in [0.05, 0.1) is 24.4 Å². The number of benzene rings is 2. The average molecular weight is 442 g/mol. The van der Waals surface area contributed by atoms with Crippen LogP contribution in [0.5, 0.6) is 0 Å². The molecule has 168 valence electrons. The van der Waals surface area contributed by atoms with Crippen molar-refractivity contribution in [3.05, 3.63) is 77.0 Å². The molecule has 1 atom stereocenters. The van der Waals surface area contributed by atoms with E-state index in [1.807, 2.05) is 4.90 Å². The zero-order valence-corrected chi connectivity index (χ0v) is 17.6. The van der Waals surface area contributed by atoms with Crippen LogP contribution >= 0.6 is 0 Å². The van der Waals surface area contributed by atoms with Gasteiger partial charge in [-0.1, -0.05) is 24.3 Å². The number of ether oxygens (including phenoxy) is 1. The summed E-state index contributed by atoms with van der Waals surface area (Å²) in [6.45, 7) is 2.78. The van der Waals surface area contributed by atoms with E-state index >= 15 is 0 Å². The summed E-state index contributed by atoms with van der Waals surface area (Å²) in [7, 11) is 1.28. The fourth-order valence-corrected chi connectivity index (χ4v) is 4.08. The Morgan fingerprint density at radius 3 is 2.41 bits per heavy atom. The number of piperazine rings is 1. The summed E-state index contributed by atoms with van der Waals surface area (Å²) in [6.07, 6.45) is 0. The van der Waals surface area contributed by atoms with Crippen LogP contribution in [0.2, 0.25) is 0 Å². The molecule has 2 heterocycles. The Balaban J connectivity index is 1.55. The lowest BCUT2D eigenvalue weighted by Gasteiger charge is -2.38. The number of anilines is 1. The monoisotopic (exact) mass is 442 g/mol. The molecular formula is C23H24F2N4O3. The third kappa shape index (κ3) is 4.57. The third-order valence-electron chi connectivity index (χ3n) is 5.71. The van der Waals surface area contributed by atoms with Gasteiger partial charge in [0.1, 0.15) is 11.6 Å². The summed E-state index contributed by atoms with van der Waals surface area (Å²) in [4.78, 5) is 29.0. The molecule has 0 bridgehead atoms. The van der Waals surface area contributed by atoms with Gasteiger partial charge in [-0.3, -0.25) is 4.90 Å². The fourth-order valence-electron chi connectivity index (χ4n) is 4.08. The zero-order valence-electron chi connectivity index (χ0n) is 17.6. The van der Waals surface area contributed by atoms with Crippen LogP contribution in [0.4, 0.5) is 19.3 Å². The summed E-state index contributed by atoms with van der Waals surface area (Å²) < 4.78 is 32.5. The van der Waals surface area contributed by atoms with Gasteiger partial charge in [0.15, 0.2) is 0 Å². The number of nitrogens with one attached hydrogen (secondary N) is 2. The molecule has 2 aliphatic heterocycles. The Bertz CT molecular complexity index is 1030. The minimum Gasteiger partial charge on any atom is -0.466 e. The van der Waals surface area contributed by atoms with E-state index in [1.54, 1.807) is 18.2 Å².